The Hall–Kier alpha value is -1.60. The molecule has 0 heterocycles. The lowest BCUT2D eigenvalue weighted by atomic mass is 9.81. The van der Waals surface area contributed by atoms with Crippen molar-refractivity contribution in [1.29, 1.82) is 0 Å². The molecule has 1 heteroatoms. The van der Waals surface area contributed by atoms with E-state index in [2.05, 4.69) is 74.6 Å². The molecule has 20 heavy (non-hydrogen) atoms. The van der Waals surface area contributed by atoms with E-state index in [4.69, 9.17) is 0 Å². The van der Waals surface area contributed by atoms with E-state index in [1.54, 1.807) is 0 Å². The van der Waals surface area contributed by atoms with Crippen LogP contribution in [0.2, 0.25) is 0 Å². The van der Waals surface area contributed by atoms with Gasteiger partial charge < -0.3 is 5.32 Å². The van der Waals surface area contributed by atoms with Gasteiger partial charge in [-0.05, 0) is 41.1 Å². The lowest BCUT2D eigenvalue weighted by Gasteiger charge is -2.23. The summed E-state index contributed by atoms with van der Waals surface area (Å²) < 4.78 is 0. The van der Waals surface area contributed by atoms with Crippen LogP contribution in [0.5, 0.6) is 0 Å². The highest BCUT2D eigenvalue weighted by molar-refractivity contribution is 5.67. The van der Waals surface area contributed by atoms with Gasteiger partial charge in [-0.25, -0.2) is 0 Å². The van der Waals surface area contributed by atoms with Crippen molar-refractivity contribution in [1.82, 2.24) is 5.32 Å². The van der Waals surface area contributed by atoms with Crippen molar-refractivity contribution in [2.75, 3.05) is 7.05 Å². The SMILES string of the molecule is CCC(C)(C)c1ccc(-c2ccccc2CNC)cc1. The largest absolute Gasteiger partial charge is 0.316 e. The van der Waals surface area contributed by atoms with Gasteiger partial charge in [-0.1, -0.05) is 69.3 Å². The second kappa shape index (κ2) is 6.23. The third-order valence-electron chi connectivity index (χ3n) is 4.25. The number of hydrogen-bond donors (Lipinski definition) is 1. The van der Waals surface area contributed by atoms with Crippen molar-refractivity contribution in [3.8, 4) is 11.1 Å². The quantitative estimate of drug-likeness (QED) is 0.823. The van der Waals surface area contributed by atoms with E-state index in [0.717, 1.165) is 13.0 Å². The van der Waals surface area contributed by atoms with Crippen molar-refractivity contribution in [3.05, 3.63) is 59.7 Å². The van der Waals surface area contributed by atoms with Gasteiger partial charge in [-0.2, -0.15) is 0 Å². The number of rotatable bonds is 5. The maximum Gasteiger partial charge on any atom is 0.0208 e. The third-order valence-corrected chi connectivity index (χ3v) is 4.25. The van der Waals surface area contributed by atoms with Gasteiger partial charge in [-0.3, -0.25) is 0 Å². The van der Waals surface area contributed by atoms with Gasteiger partial charge in [0.1, 0.15) is 0 Å². The van der Waals surface area contributed by atoms with Crippen LogP contribution >= 0.6 is 0 Å². The minimum absolute atomic E-state index is 0.253. The predicted octanol–water partition coefficient (Wildman–Crippen LogP) is 4.76. The van der Waals surface area contributed by atoms with Crippen LogP contribution < -0.4 is 5.32 Å². The van der Waals surface area contributed by atoms with E-state index in [9.17, 15) is 0 Å². The summed E-state index contributed by atoms with van der Waals surface area (Å²) in [6, 6.07) is 17.7. The average Bonchev–Trinajstić information content (AvgIpc) is 2.48. The van der Waals surface area contributed by atoms with Gasteiger partial charge in [0.15, 0.2) is 0 Å². The molecule has 0 fully saturated rings. The molecular weight excluding hydrogens is 242 g/mol. The van der Waals surface area contributed by atoms with Crippen LogP contribution in [0.3, 0.4) is 0 Å². The molecule has 0 aliphatic heterocycles. The summed E-state index contributed by atoms with van der Waals surface area (Å²) in [6.07, 6.45) is 1.16. The molecule has 0 unspecified atom stereocenters. The summed E-state index contributed by atoms with van der Waals surface area (Å²) in [7, 11) is 1.99. The Balaban J connectivity index is 2.35. The minimum atomic E-state index is 0.253. The van der Waals surface area contributed by atoms with Crippen LogP contribution in [0.15, 0.2) is 48.5 Å². The Morgan fingerprint density at radius 3 is 2.20 bits per heavy atom. The second-order valence-electron chi connectivity index (χ2n) is 6.00. The highest BCUT2D eigenvalue weighted by Crippen LogP contribution is 2.30. The van der Waals surface area contributed by atoms with E-state index in [1.165, 1.54) is 22.3 Å². The molecule has 0 spiro atoms. The zero-order chi connectivity index (χ0) is 14.6. The second-order valence-corrected chi connectivity index (χ2v) is 6.00. The number of nitrogens with one attached hydrogen (secondary N) is 1. The lowest BCUT2D eigenvalue weighted by Crippen LogP contribution is -2.15. The molecule has 2 rings (SSSR count). The number of benzene rings is 2. The standard InChI is InChI=1S/C19H25N/c1-5-19(2,3)17-12-10-15(11-13-17)18-9-7-6-8-16(18)14-20-4/h6-13,20H,5,14H2,1-4H3. The van der Waals surface area contributed by atoms with Gasteiger partial charge in [0.05, 0.1) is 0 Å². The van der Waals surface area contributed by atoms with E-state index in [-0.39, 0.29) is 5.41 Å². The van der Waals surface area contributed by atoms with E-state index in [1.807, 2.05) is 7.05 Å². The van der Waals surface area contributed by atoms with E-state index < -0.39 is 0 Å². The fraction of sp³-hybridized carbons (Fsp3) is 0.368. The zero-order valence-electron chi connectivity index (χ0n) is 13.0. The molecule has 1 N–H and O–H groups in total. The minimum Gasteiger partial charge on any atom is -0.316 e. The summed E-state index contributed by atoms with van der Waals surface area (Å²) >= 11 is 0. The fourth-order valence-corrected chi connectivity index (χ4v) is 2.45. The lowest BCUT2D eigenvalue weighted by molar-refractivity contribution is 0.506. The molecule has 0 aliphatic carbocycles. The Labute approximate surface area is 123 Å². The normalized spacial score (nSPS) is 11.6. The van der Waals surface area contributed by atoms with E-state index in [0.29, 0.717) is 0 Å². The maximum absolute atomic E-state index is 3.24. The van der Waals surface area contributed by atoms with Crippen molar-refractivity contribution >= 4 is 0 Å². The van der Waals surface area contributed by atoms with Crippen LogP contribution in [-0.2, 0) is 12.0 Å². The van der Waals surface area contributed by atoms with Gasteiger partial charge >= 0.3 is 0 Å². The molecular formula is C19H25N. The zero-order valence-corrected chi connectivity index (χ0v) is 13.0. The topological polar surface area (TPSA) is 12.0 Å². The van der Waals surface area contributed by atoms with Gasteiger partial charge in [0.2, 0.25) is 0 Å². The van der Waals surface area contributed by atoms with E-state index >= 15 is 0 Å². The first kappa shape index (κ1) is 14.8. The molecule has 106 valence electrons. The third kappa shape index (κ3) is 3.10. The molecule has 2 aromatic carbocycles. The molecule has 1 nitrogen and oxygen atoms in total. The Bertz CT molecular complexity index is 552. The van der Waals surface area contributed by atoms with Crippen LogP contribution in [0.4, 0.5) is 0 Å². The Morgan fingerprint density at radius 1 is 0.950 bits per heavy atom. The van der Waals surface area contributed by atoms with Crippen molar-refractivity contribution in [3.63, 3.8) is 0 Å². The van der Waals surface area contributed by atoms with Crippen molar-refractivity contribution in [2.45, 2.75) is 39.2 Å². The summed E-state index contributed by atoms with van der Waals surface area (Å²) in [6.45, 7) is 7.75. The molecule has 0 bridgehead atoms. The first-order valence-electron chi connectivity index (χ1n) is 7.42. The summed E-state index contributed by atoms with van der Waals surface area (Å²) in [4.78, 5) is 0. The van der Waals surface area contributed by atoms with Gasteiger partial charge in [0, 0.05) is 6.54 Å². The Kier molecular flexibility index (Phi) is 4.61. The summed E-state index contributed by atoms with van der Waals surface area (Å²) in [5, 5.41) is 3.24. The monoisotopic (exact) mass is 267 g/mol. The van der Waals surface area contributed by atoms with Crippen LogP contribution in [0.1, 0.15) is 38.3 Å². The molecule has 0 aromatic heterocycles. The van der Waals surface area contributed by atoms with Gasteiger partial charge in [0.25, 0.3) is 0 Å². The van der Waals surface area contributed by atoms with Crippen LogP contribution in [-0.4, -0.2) is 7.05 Å². The van der Waals surface area contributed by atoms with Crippen molar-refractivity contribution in [2.24, 2.45) is 0 Å². The molecule has 0 saturated carbocycles. The van der Waals surface area contributed by atoms with Crippen LogP contribution in [0.25, 0.3) is 11.1 Å². The summed E-state index contributed by atoms with van der Waals surface area (Å²) in [5.41, 5.74) is 5.63. The first-order chi connectivity index (χ1) is 9.58. The van der Waals surface area contributed by atoms with Crippen molar-refractivity contribution < 1.29 is 0 Å². The fourth-order valence-electron chi connectivity index (χ4n) is 2.45. The summed E-state index contributed by atoms with van der Waals surface area (Å²) in [5.74, 6) is 0. The highest BCUT2D eigenvalue weighted by Gasteiger charge is 2.17. The molecule has 2 aromatic rings. The predicted molar refractivity (Wildman–Crippen MR) is 88.0 cm³/mol. The Morgan fingerprint density at radius 2 is 1.60 bits per heavy atom. The molecule has 0 atom stereocenters. The van der Waals surface area contributed by atoms with Crippen LogP contribution in [0, 0.1) is 0 Å². The average molecular weight is 267 g/mol. The smallest absolute Gasteiger partial charge is 0.0208 e. The van der Waals surface area contributed by atoms with Gasteiger partial charge in [-0.15, -0.1) is 0 Å². The number of hydrogen-bond acceptors (Lipinski definition) is 1. The highest BCUT2D eigenvalue weighted by atomic mass is 14.8. The molecule has 0 aliphatic rings. The first-order valence-corrected chi connectivity index (χ1v) is 7.42. The maximum atomic E-state index is 3.24. The molecule has 0 radical (unpaired) electrons. The molecule has 0 saturated heterocycles. The molecule has 0 amide bonds.